The Morgan fingerprint density at radius 2 is 1.05 bits per heavy atom. The first-order chi connectivity index (χ1) is 8.31. The average molecular weight is 345 g/mol. The normalized spacial score (nSPS) is 13.9. The van der Waals surface area contributed by atoms with Crippen molar-refractivity contribution in [3.05, 3.63) is 0 Å². The second-order valence-corrected chi connectivity index (χ2v) is 6.47. The van der Waals surface area contributed by atoms with Gasteiger partial charge in [0, 0.05) is 13.1 Å². The maximum atomic E-state index is 10.8. The van der Waals surface area contributed by atoms with Gasteiger partial charge in [-0.1, -0.05) is 0 Å². The fourth-order valence-electron chi connectivity index (χ4n) is 0.831. The van der Waals surface area contributed by atoms with E-state index in [0.29, 0.717) is 0 Å². The van der Waals surface area contributed by atoms with Crippen LogP contribution >= 0.6 is 0 Å². The first-order valence-corrected chi connectivity index (χ1v) is 8.40. The molecule has 0 fully saturated rings. The summed E-state index contributed by atoms with van der Waals surface area (Å²) in [6.45, 7) is -3.09. The van der Waals surface area contributed by atoms with E-state index in [1.54, 1.807) is 0 Å². The number of hydrogen-bond donors (Lipinski definition) is 3. The lowest BCUT2D eigenvalue weighted by Crippen LogP contribution is -2.36. The minimum atomic E-state index is -4.78. The van der Waals surface area contributed by atoms with E-state index in [4.69, 9.17) is 13.7 Å². The summed E-state index contributed by atoms with van der Waals surface area (Å²) in [5.74, 6) is 0. The third-order valence-corrected chi connectivity index (χ3v) is 3.42. The zero-order valence-corrected chi connectivity index (χ0v) is 11.6. The highest BCUT2D eigenvalue weighted by Gasteiger charge is 2.20. The monoisotopic (exact) mass is 345 g/mol. The van der Waals surface area contributed by atoms with E-state index in [-0.39, 0.29) is 4.31 Å². The molecule has 0 aromatic heterocycles. The number of nitrogens with zero attached hydrogens (tertiary/aromatic N) is 1. The first-order valence-electron chi connectivity index (χ1n) is 4.27. The maximum absolute atomic E-state index is 10.8. The van der Waals surface area contributed by atoms with Crippen molar-refractivity contribution in [1.82, 2.24) is 4.31 Å². The van der Waals surface area contributed by atoms with Crippen molar-refractivity contribution in [3.63, 3.8) is 0 Å². The lowest BCUT2D eigenvalue weighted by atomic mass is 10.6. The van der Waals surface area contributed by atoms with Gasteiger partial charge in [-0.25, -0.2) is 8.37 Å². The van der Waals surface area contributed by atoms with Gasteiger partial charge in [-0.3, -0.25) is 13.7 Å². The van der Waals surface area contributed by atoms with Gasteiger partial charge in [0.05, 0.1) is 13.2 Å². The van der Waals surface area contributed by atoms with Crippen LogP contribution in [0.15, 0.2) is 0 Å². The topological polar surface area (TPSA) is 185 Å². The van der Waals surface area contributed by atoms with Crippen LogP contribution < -0.4 is 0 Å². The van der Waals surface area contributed by atoms with Crippen LogP contribution in [0.1, 0.15) is 0 Å². The third kappa shape index (κ3) is 11.2. The minimum Gasteiger partial charge on any atom is -0.273 e. The highest BCUT2D eigenvalue weighted by Crippen LogP contribution is 1.99. The molecule has 12 nitrogen and oxygen atoms in total. The molecule has 0 unspecified atom stereocenters. The molecule has 0 aromatic rings. The molecule has 0 rings (SSSR count). The summed E-state index contributed by atoms with van der Waals surface area (Å²) in [4.78, 5) is 0. The molecule has 0 spiro atoms. The molecular weight excluding hydrogens is 334 g/mol. The predicted octanol–water partition coefficient (Wildman–Crippen LogP) is -2.27. The van der Waals surface area contributed by atoms with Crippen LogP contribution in [-0.4, -0.2) is 69.5 Å². The van der Waals surface area contributed by atoms with Gasteiger partial charge in [-0.2, -0.15) is 29.6 Å². The number of hydrogen-bond acceptors (Lipinski definition) is 8. The SMILES string of the molecule is O=S(=O)(O)OCCN(CCOS(=O)(=O)O)S(=O)(=O)O. The Balaban J connectivity index is 4.43. The largest absolute Gasteiger partial charge is 0.397 e. The Morgan fingerprint density at radius 1 is 0.737 bits per heavy atom. The molecule has 0 saturated carbocycles. The van der Waals surface area contributed by atoms with Crippen LogP contribution in [0.25, 0.3) is 0 Å². The van der Waals surface area contributed by atoms with Gasteiger partial charge in [-0.05, 0) is 0 Å². The molecule has 0 aliphatic heterocycles. The zero-order chi connectivity index (χ0) is 15.3. The second-order valence-electron chi connectivity index (χ2n) is 2.88. The molecule has 0 aromatic carbocycles. The fourth-order valence-corrected chi connectivity index (χ4v) is 2.01. The van der Waals surface area contributed by atoms with Crippen molar-refractivity contribution >= 4 is 31.1 Å². The summed E-state index contributed by atoms with van der Waals surface area (Å²) >= 11 is 0. The summed E-state index contributed by atoms with van der Waals surface area (Å²) in [5.41, 5.74) is 0. The number of rotatable bonds is 9. The van der Waals surface area contributed by atoms with E-state index in [1.807, 2.05) is 0 Å². The van der Waals surface area contributed by atoms with E-state index >= 15 is 0 Å². The maximum Gasteiger partial charge on any atom is 0.397 e. The molecule has 15 heteroatoms. The van der Waals surface area contributed by atoms with Gasteiger partial charge < -0.3 is 0 Å². The lowest BCUT2D eigenvalue weighted by molar-refractivity contribution is 0.207. The van der Waals surface area contributed by atoms with E-state index in [9.17, 15) is 25.3 Å². The van der Waals surface area contributed by atoms with Crippen LogP contribution in [0.3, 0.4) is 0 Å². The van der Waals surface area contributed by atoms with E-state index in [2.05, 4.69) is 8.37 Å². The van der Waals surface area contributed by atoms with E-state index in [0.717, 1.165) is 0 Å². The summed E-state index contributed by atoms with van der Waals surface area (Å²) < 4.78 is 95.2. The van der Waals surface area contributed by atoms with Crippen molar-refractivity contribution in [2.45, 2.75) is 0 Å². The minimum absolute atomic E-state index is 0.198. The Morgan fingerprint density at radius 3 is 1.26 bits per heavy atom. The molecule has 0 heterocycles. The molecule has 0 aliphatic carbocycles. The van der Waals surface area contributed by atoms with Crippen LogP contribution in [-0.2, 0) is 39.5 Å². The predicted molar refractivity (Wildman–Crippen MR) is 58.1 cm³/mol. The van der Waals surface area contributed by atoms with Gasteiger partial charge in [-0.15, -0.1) is 0 Å². The molecule has 0 radical (unpaired) electrons. The fraction of sp³-hybridized carbons (Fsp3) is 1.00. The Labute approximate surface area is 109 Å². The summed E-state index contributed by atoms with van der Waals surface area (Å²) in [6, 6.07) is 0. The van der Waals surface area contributed by atoms with Crippen molar-refractivity contribution in [2.75, 3.05) is 26.3 Å². The molecule has 0 saturated heterocycles. The van der Waals surface area contributed by atoms with Gasteiger partial charge in [0.1, 0.15) is 0 Å². The molecule has 116 valence electrons. The van der Waals surface area contributed by atoms with E-state index in [1.165, 1.54) is 0 Å². The Bertz CT molecular complexity index is 535. The Kier molecular flexibility index (Phi) is 6.72. The quantitative estimate of drug-likeness (QED) is 0.382. The zero-order valence-electron chi connectivity index (χ0n) is 9.11. The average Bonchev–Trinajstić information content (AvgIpc) is 2.09. The van der Waals surface area contributed by atoms with Crippen molar-refractivity contribution in [2.24, 2.45) is 0 Å². The molecule has 0 bridgehead atoms. The molecule has 0 atom stereocenters. The lowest BCUT2D eigenvalue weighted by Gasteiger charge is -2.17. The highest BCUT2D eigenvalue weighted by atomic mass is 32.3. The third-order valence-electron chi connectivity index (χ3n) is 1.47. The molecule has 19 heavy (non-hydrogen) atoms. The summed E-state index contributed by atoms with van der Waals surface area (Å²) in [7, 11) is -14.3. The van der Waals surface area contributed by atoms with Gasteiger partial charge in [0.15, 0.2) is 0 Å². The second kappa shape index (κ2) is 6.86. The first kappa shape index (κ1) is 18.6. The molecule has 0 amide bonds. The van der Waals surface area contributed by atoms with E-state index < -0.39 is 57.4 Å². The highest BCUT2D eigenvalue weighted by molar-refractivity contribution is 7.83. The van der Waals surface area contributed by atoms with Crippen LogP contribution in [0.4, 0.5) is 0 Å². The van der Waals surface area contributed by atoms with Crippen molar-refractivity contribution in [1.29, 1.82) is 0 Å². The van der Waals surface area contributed by atoms with Crippen LogP contribution in [0.5, 0.6) is 0 Å². The summed E-state index contributed by atoms with van der Waals surface area (Å²) in [6.07, 6.45) is 0. The van der Waals surface area contributed by atoms with Crippen molar-refractivity contribution < 1.29 is 47.3 Å². The van der Waals surface area contributed by atoms with Gasteiger partial charge in [0.25, 0.3) is 0 Å². The standard InChI is InChI=1S/C4H11NO11S3/c6-17(7,8)5(1-3-15-18(9,10)11)2-4-16-19(12,13)14/h1-4H2,(H,6,7,8)(H,9,10,11)(H,12,13,14). The van der Waals surface area contributed by atoms with Crippen LogP contribution in [0.2, 0.25) is 0 Å². The van der Waals surface area contributed by atoms with Gasteiger partial charge >= 0.3 is 31.1 Å². The van der Waals surface area contributed by atoms with Crippen LogP contribution in [0, 0.1) is 0 Å². The van der Waals surface area contributed by atoms with Gasteiger partial charge in [0.2, 0.25) is 0 Å². The molecule has 3 N–H and O–H groups in total. The summed E-state index contributed by atoms with van der Waals surface area (Å²) in [5, 5.41) is 0. The Hall–Kier alpha value is -0.390. The van der Waals surface area contributed by atoms with Crippen molar-refractivity contribution in [3.8, 4) is 0 Å². The smallest absolute Gasteiger partial charge is 0.273 e. The molecule has 0 aliphatic rings. The molecular formula is C4H11NO11S3.